The molecule has 1 aromatic carbocycles. The largest absolute Gasteiger partial charge is 0.497 e. The highest BCUT2D eigenvalue weighted by atomic mass is 16.5. The van der Waals surface area contributed by atoms with Crippen LogP contribution in [0.2, 0.25) is 0 Å². The summed E-state index contributed by atoms with van der Waals surface area (Å²) >= 11 is 0. The third-order valence-corrected chi connectivity index (χ3v) is 2.80. The van der Waals surface area contributed by atoms with Gasteiger partial charge in [-0.25, -0.2) is 4.79 Å². The molecule has 20 heavy (non-hydrogen) atoms. The van der Waals surface area contributed by atoms with E-state index in [9.17, 15) is 4.79 Å². The van der Waals surface area contributed by atoms with E-state index in [4.69, 9.17) is 13.6 Å². The number of benzene rings is 1. The topological polar surface area (TPSA) is 70.4 Å². The molecule has 0 spiro atoms. The van der Waals surface area contributed by atoms with Gasteiger partial charge >= 0.3 is 5.76 Å². The van der Waals surface area contributed by atoms with E-state index in [0.29, 0.717) is 12.3 Å². The molecule has 0 saturated carbocycles. The van der Waals surface area contributed by atoms with E-state index in [0.717, 1.165) is 11.3 Å². The van der Waals surface area contributed by atoms with Crippen molar-refractivity contribution in [3.63, 3.8) is 0 Å². The second-order valence-electron chi connectivity index (χ2n) is 4.16. The normalized spacial score (nSPS) is 10.7. The third-order valence-electron chi connectivity index (χ3n) is 2.80. The average molecular weight is 272 g/mol. The molecule has 0 unspecified atom stereocenters. The molecule has 0 bridgehead atoms. The maximum Gasteiger partial charge on any atom is 0.437 e. The summed E-state index contributed by atoms with van der Waals surface area (Å²) in [6.45, 7) is 0.306. The lowest BCUT2D eigenvalue weighted by atomic mass is 10.2. The number of methoxy groups -OCH3 is 1. The number of ether oxygens (including phenoxy) is 1. The molecule has 2 heterocycles. The highest BCUT2D eigenvalue weighted by Gasteiger charge is 2.12. The smallest absolute Gasteiger partial charge is 0.437 e. The molecular formula is C14H12N2O4. The van der Waals surface area contributed by atoms with E-state index in [1.54, 1.807) is 19.2 Å². The Labute approximate surface area is 114 Å². The Kier molecular flexibility index (Phi) is 3.12. The molecule has 0 fully saturated rings. The first kappa shape index (κ1) is 12.3. The van der Waals surface area contributed by atoms with Crippen molar-refractivity contribution < 1.29 is 13.6 Å². The Balaban J connectivity index is 1.89. The fourth-order valence-corrected chi connectivity index (χ4v) is 1.85. The van der Waals surface area contributed by atoms with Crippen LogP contribution in [0.5, 0.6) is 5.75 Å². The maximum atomic E-state index is 11.8. The fraction of sp³-hybridized carbons (Fsp3) is 0.143. The van der Waals surface area contributed by atoms with Gasteiger partial charge in [-0.2, -0.15) is 4.68 Å². The minimum absolute atomic E-state index is 0.169. The first-order valence-corrected chi connectivity index (χ1v) is 6.01. The lowest BCUT2D eigenvalue weighted by Gasteiger charge is -2.03. The SMILES string of the molecule is COc1cccc(Cn2nc(-c3ccco3)oc2=O)c1. The van der Waals surface area contributed by atoms with Gasteiger partial charge in [-0.1, -0.05) is 12.1 Å². The Hall–Kier alpha value is -2.76. The molecule has 2 aromatic heterocycles. The number of aromatic nitrogens is 2. The standard InChI is InChI=1S/C14H12N2O4/c1-18-11-5-2-4-10(8-11)9-16-14(17)20-13(15-16)12-6-3-7-19-12/h2-8H,9H2,1H3. The zero-order chi connectivity index (χ0) is 13.9. The molecule has 0 aliphatic heterocycles. The van der Waals surface area contributed by atoms with Crippen LogP contribution in [0.15, 0.2) is 56.3 Å². The molecule has 102 valence electrons. The monoisotopic (exact) mass is 272 g/mol. The van der Waals surface area contributed by atoms with Crippen LogP contribution < -0.4 is 10.5 Å². The number of hydrogen-bond donors (Lipinski definition) is 0. The quantitative estimate of drug-likeness (QED) is 0.727. The summed E-state index contributed by atoms with van der Waals surface area (Å²) in [6.07, 6.45) is 1.50. The van der Waals surface area contributed by atoms with Gasteiger partial charge in [0.15, 0.2) is 5.76 Å². The molecular weight excluding hydrogens is 260 g/mol. The van der Waals surface area contributed by atoms with Crippen molar-refractivity contribution in [3.8, 4) is 17.4 Å². The van der Waals surface area contributed by atoms with Crippen LogP contribution in [-0.4, -0.2) is 16.9 Å². The molecule has 3 rings (SSSR count). The minimum atomic E-state index is -0.529. The van der Waals surface area contributed by atoms with Gasteiger partial charge in [-0.3, -0.25) is 0 Å². The lowest BCUT2D eigenvalue weighted by molar-refractivity contribution is 0.413. The lowest BCUT2D eigenvalue weighted by Crippen LogP contribution is -2.16. The number of nitrogens with zero attached hydrogens (tertiary/aromatic N) is 2. The van der Waals surface area contributed by atoms with Crippen LogP contribution in [-0.2, 0) is 6.54 Å². The van der Waals surface area contributed by atoms with Crippen molar-refractivity contribution >= 4 is 0 Å². The zero-order valence-electron chi connectivity index (χ0n) is 10.8. The molecule has 0 aliphatic carbocycles. The second kappa shape index (κ2) is 5.08. The van der Waals surface area contributed by atoms with Gasteiger partial charge in [0.2, 0.25) is 0 Å². The van der Waals surface area contributed by atoms with Crippen molar-refractivity contribution in [2.75, 3.05) is 7.11 Å². The van der Waals surface area contributed by atoms with E-state index >= 15 is 0 Å². The molecule has 0 aliphatic rings. The molecule has 3 aromatic rings. The average Bonchev–Trinajstić information content (AvgIpc) is 3.10. The van der Waals surface area contributed by atoms with Crippen LogP contribution >= 0.6 is 0 Å². The predicted molar refractivity (Wildman–Crippen MR) is 70.6 cm³/mol. The molecule has 0 radical (unpaired) electrons. The zero-order valence-corrected chi connectivity index (χ0v) is 10.8. The molecule has 0 amide bonds. The first-order chi connectivity index (χ1) is 9.76. The van der Waals surface area contributed by atoms with E-state index < -0.39 is 5.76 Å². The minimum Gasteiger partial charge on any atom is -0.497 e. The summed E-state index contributed by atoms with van der Waals surface area (Å²) in [7, 11) is 1.59. The highest BCUT2D eigenvalue weighted by Crippen LogP contribution is 2.16. The van der Waals surface area contributed by atoms with Crippen molar-refractivity contribution in [2.24, 2.45) is 0 Å². The summed E-state index contributed by atoms with van der Waals surface area (Å²) < 4.78 is 16.6. The van der Waals surface area contributed by atoms with Gasteiger partial charge < -0.3 is 13.6 Å². The van der Waals surface area contributed by atoms with Crippen molar-refractivity contribution in [3.05, 3.63) is 58.8 Å². The Morgan fingerprint density at radius 2 is 2.20 bits per heavy atom. The molecule has 6 heteroatoms. The summed E-state index contributed by atoms with van der Waals surface area (Å²) in [5.41, 5.74) is 0.894. The second-order valence-corrected chi connectivity index (χ2v) is 4.16. The number of furan rings is 1. The van der Waals surface area contributed by atoms with E-state index in [1.807, 2.05) is 24.3 Å². The van der Waals surface area contributed by atoms with Gasteiger partial charge in [0.25, 0.3) is 5.89 Å². The maximum absolute atomic E-state index is 11.8. The first-order valence-electron chi connectivity index (χ1n) is 6.01. The van der Waals surface area contributed by atoms with E-state index in [1.165, 1.54) is 10.9 Å². The molecule has 0 saturated heterocycles. The van der Waals surface area contributed by atoms with Crippen LogP contribution in [0, 0.1) is 0 Å². The Morgan fingerprint density at radius 3 is 2.95 bits per heavy atom. The van der Waals surface area contributed by atoms with Crippen molar-refractivity contribution in [1.29, 1.82) is 0 Å². The molecule has 6 nitrogen and oxygen atoms in total. The van der Waals surface area contributed by atoms with Crippen molar-refractivity contribution in [2.45, 2.75) is 6.54 Å². The molecule has 0 N–H and O–H groups in total. The van der Waals surface area contributed by atoms with Crippen LogP contribution in [0.25, 0.3) is 11.7 Å². The summed E-state index contributed by atoms with van der Waals surface area (Å²) in [5.74, 6) is 0.791. The van der Waals surface area contributed by atoms with Gasteiger partial charge in [0.05, 0.1) is 19.9 Å². The van der Waals surface area contributed by atoms with E-state index in [2.05, 4.69) is 5.10 Å². The summed E-state index contributed by atoms with van der Waals surface area (Å²) in [5, 5.41) is 4.11. The number of hydrogen-bond acceptors (Lipinski definition) is 5. The van der Waals surface area contributed by atoms with Gasteiger partial charge in [0, 0.05) is 0 Å². The van der Waals surface area contributed by atoms with Crippen LogP contribution in [0.4, 0.5) is 0 Å². The van der Waals surface area contributed by atoms with Crippen molar-refractivity contribution in [1.82, 2.24) is 9.78 Å². The van der Waals surface area contributed by atoms with Gasteiger partial charge in [0.1, 0.15) is 5.75 Å². The predicted octanol–water partition coefficient (Wildman–Crippen LogP) is 2.15. The fourth-order valence-electron chi connectivity index (χ4n) is 1.85. The summed E-state index contributed by atoms with van der Waals surface area (Å²) in [4.78, 5) is 11.8. The molecule has 0 atom stereocenters. The van der Waals surface area contributed by atoms with Crippen LogP contribution in [0.3, 0.4) is 0 Å². The van der Waals surface area contributed by atoms with E-state index in [-0.39, 0.29) is 5.89 Å². The number of rotatable bonds is 4. The van der Waals surface area contributed by atoms with Gasteiger partial charge in [-0.05, 0) is 29.8 Å². The summed E-state index contributed by atoms with van der Waals surface area (Å²) in [6, 6.07) is 10.8. The third kappa shape index (κ3) is 2.35. The van der Waals surface area contributed by atoms with Crippen LogP contribution in [0.1, 0.15) is 5.56 Å². The Bertz CT molecular complexity index is 756. The highest BCUT2D eigenvalue weighted by molar-refractivity contribution is 5.42. The van der Waals surface area contributed by atoms with Gasteiger partial charge in [-0.15, -0.1) is 5.10 Å². The Morgan fingerprint density at radius 1 is 1.30 bits per heavy atom.